The van der Waals surface area contributed by atoms with Crippen LogP contribution in [-0.2, 0) is 0 Å². The van der Waals surface area contributed by atoms with Crippen molar-refractivity contribution in [3.63, 3.8) is 0 Å². The summed E-state index contributed by atoms with van der Waals surface area (Å²) >= 11 is 0. The number of nitrogens with two attached hydrogens (primary N) is 2. The lowest BCUT2D eigenvalue weighted by molar-refractivity contribution is 0.0651. The molecule has 7 aromatic carbocycles. The Labute approximate surface area is 352 Å². The van der Waals surface area contributed by atoms with E-state index in [1.165, 1.54) is 12.1 Å². The van der Waals surface area contributed by atoms with Gasteiger partial charge in [0, 0.05) is 45.8 Å². The third-order valence-electron chi connectivity index (χ3n) is 9.12. The molecule has 0 fully saturated rings. The second-order valence-corrected chi connectivity index (χ2v) is 13.4. The van der Waals surface area contributed by atoms with Gasteiger partial charge in [0.05, 0.1) is 22.3 Å². The van der Waals surface area contributed by atoms with Gasteiger partial charge in [-0.25, -0.2) is 19.2 Å². The van der Waals surface area contributed by atoms with Crippen LogP contribution in [0.25, 0.3) is 11.1 Å². The number of carboxylic acid groups (broad SMARTS) is 4. The Balaban J connectivity index is 0.000000230. The lowest BCUT2D eigenvalue weighted by Crippen LogP contribution is -2.09. The molecule has 0 bridgehead atoms. The Morgan fingerprint density at radius 2 is 0.645 bits per heavy atom. The van der Waals surface area contributed by atoms with Crippen molar-refractivity contribution in [2.45, 2.75) is 0 Å². The molecule has 0 aliphatic heterocycles. The van der Waals surface area contributed by atoms with Gasteiger partial charge in [0.1, 0.15) is 23.0 Å². The van der Waals surface area contributed by atoms with Crippen molar-refractivity contribution in [1.29, 1.82) is 0 Å². The van der Waals surface area contributed by atoms with Crippen molar-refractivity contribution in [1.82, 2.24) is 0 Å². The first kappa shape index (κ1) is 42.6. The highest BCUT2D eigenvalue weighted by atomic mass is 16.5. The van der Waals surface area contributed by atoms with Crippen molar-refractivity contribution in [2.75, 3.05) is 11.5 Å². The van der Waals surface area contributed by atoms with E-state index in [-0.39, 0.29) is 22.7 Å². The van der Waals surface area contributed by atoms with Gasteiger partial charge in [-0.15, -0.1) is 0 Å². The van der Waals surface area contributed by atoms with Crippen molar-refractivity contribution in [3.05, 3.63) is 202 Å². The summed E-state index contributed by atoms with van der Waals surface area (Å²) in [6.07, 6.45) is 0. The topological polar surface area (TPSA) is 254 Å². The van der Waals surface area contributed by atoms with Crippen molar-refractivity contribution in [2.24, 2.45) is 0 Å². The molecule has 14 heteroatoms. The summed E-state index contributed by atoms with van der Waals surface area (Å²) in [5, 5.41) is 36.2. The van der Waals surface area contributed by atoms with Crippen LogP contribution >= 0.6 is 0 Å². The van der Waals surface area contributed by atoms with E-state index in [9.17, 15) is 28.8 Å². The standard InChI is InChI=1S/C32H24N2O4.C16H10O8/c33-25-3-1-5-29(19-25)37-27-15-11-23(12-16-27)31(35)21-7-9-22(10-8-21)32(36)24-13-17-28(18-14-24)38-30-6-2-4-26(34)20-30;17-13(18)9-3-1-7(5-11(9)15(21)22)8-2-4-10(14(19)20)12(6-8)16(23)24/h1-20H,33-34H2;1-6H,(H,17,18)(H,19,20)(H,21,22)(H,23,24). The van der Waals surface area contributed by atoms with Crippen LogP contribution in [0, 0.1) is 0 Å². The highest BCUT2D eigenvalue weighted by Crippen LogP contribution is 2.28. The average Bonchev–Trinajstić information content (AvgIpc) is 3.26. The Hall–Kier alpha value is -9.04. The van der Waals surface area contributed by atoms with Crippen LogP contribution in [-0.4, -0.2) is 55.9 Å². The maximum absolute atomic E-state index is 13.0. The fourth-order valence-corrected chi connectivity index (χ4v) is 6.06. The summed E-state index contributed by atoms with van der Waals surface area (Å²) in [6, 6.07) is 41.6. The molecule has 308 valence electrons. The van der Waals surface area contributed by atoms with Crippen LogP contribution in [0.1, 0.15) is 73.3 Å². The van der Waals surface area contributed by atoms with Gasteiger partial charge in [-0.3, -0.25) is 9.59 Å². The Morgan fingerprint density at radius 3 is 0.935 bits per heavy atom. The van der Waals surface area contributed by atoms with Crippen LogP contribution in [0.4, 0.5) is 11.4 Å². The van der Waals surface area contributed by atoms with Gasteiger partial charge in [0.15, 0.2) is 11.6 Å². The fourth-order valence-electron chi connectivity index (χ4n) is 6.06. The molecule has 0 atom stereocenters. The third-order valence-corrected chi connectivity index (χ3v) is 9.12. The summed E-state index contributed by atoms with van der Waals surface area (Å²) in [7, 11) is 0. The van der Waals surface area contributed by atoms with Gasteiger partial charge in [-0.05, 0) is 108 Å². The number of hydrogen-bond donors (Lipinski definition) is 6. The first-order valence-corrected chi connectivity index (χ1v) is 18.3. The van der Waals surface area contributed by atoms with Crippen LogP contribution < -0.4 is 20.9 Å². The van der Waals surface area contributed by atoms with E-state index in [1.807, 2.05) is 24.3 Å². The Kier molecular flexibility index (Phi) is 12.8. The summed E-state index contributed by atoms with van der Waals surface area (Å²) in [4.78, 5) is 70.4. The van der Waals surface area contributed by atoms with E-state index in [2.05, 4.69) is 0 Å². The molecule has 0 saturated heterocycles. The Bertz CT molecular complexity index is 2660. The van der Waals surface area contributed by atoms with Crippen LogP contribution in [0.5, 0.6) is 23.0 Å². The van der Waals surface area contributed by atoms with Gasteiger partial charge in [0.25, 0.3) is 0 Å². The quantitative estimate of drug-likeness (QED) is 0.0468. The van der Waals surface area contributed by atoms with Crippen molar-refractivity contribution < 1.29 is 58.7 Å². The highest BCUT2D eigenvalue weighted by Gasteiger charge is 2.20. The van der Waals surface area contributed by atoms with Gasteiger partial charge >= 0.3 is 23.9 Å². The maximum atomic E-state index is 13.0. The number of hydrogen-bond acceptors (Lipinski definition) is 10. The number of carboxylic acids is 4. The first-order chi connectivity index (χ1) is 29.7. The fraction of sp³-hybridized carbons (Fsp3) is 0. The Morgan fingerprint density at radius 1 is 0.339 bits per heavy atom. The molecule has 7 rings (SSSR count). The number of rotatable bonds is 13. The number of ether oxygens (including phenoxy) is 2. The molecule has 0 heterocycles. The van der Waals surface area contributed by atoms with Gasteiger partial charge in [-0.1, -0.05) is 48.5 Å². The summed E-state index contributed by atoms with van der Waals surface area (Å²) < 4.78 is 11.6. The average molecular weight is 831 g/mol. The lowest BCUT2D eigenvalue weighted by atomic mass is 9.96. The second-order valence-electron chi connectivity index (χ2n) is 13.4. The largest absolute Gasteiger partial charge is 0.478 e. The van der Waals surface area contributed by atoms with E-state index >= 15 is 0 Å². The molecular formula is C48H34N2O12. The molecule has 0 aliphatic rings. The van der Waals surface area contributed by atoms with E-state index in [1.54, 1.807) is 97.1 Å². The second kappa shape index (κ2) is 18.7. The molecule has 8 N–H and O–H groups in total. The number of aromatic carboxylic acids is 4. The van der Waals surface area contributed by atoms with E-state index in [0.717, 1.165) is 24.3 Å². The zero-order chi connectivity index (χ0) is 44.5. The van der Waals surface area contributed by atoms with Gasteiger partial charge in [-0.2, -0.15) is 0 Å². The normalized spacial score (nSPS) is 10.4. The van der Waals surface area contributed by atoms with Crippen molar-refractivity contribution >= 4 is 46.8 Å². The minimum atomic E-state index is -1.45. The van der Waals surface area contributed by atoms with Crippen molar-refractivity contribution in [3.8, 4) is 34.1 Å². The molecular weight excluding hydrogens is 797 g/mol. The minimum Gasteiger partial charge on any atom is -0.478 e. The van der Waals surface area contributed by atoms with Crippen LogP contribution in [0.15, 0.2) is 158 Å². The number of nitrogen functional groups attached to an aromatic ring is 2. The van der Waals surface area contributed by atoms with Gasteiger partial charge < -0.3 is 41.4 Å². The molecule has 14 nitrogen and oxygen atoms in total. The predicted molar refractivity (Wildman–Crippen MR) is 228 cm³/mol. The lowest BCUT2D eigenvalue weighted by Gasteiger charge is -2.09. The third kappa shape index (κ3) is 10.3. The number of ketones is 2. The first-order valence-electron chi connectivity index (χ1n) is 18.3. The zero-order valence-electron chi connectivity index (χ0n) is 32.2. The number of carbonyl (C=O) groups is 6. The number of carbonyl (C=O) groups excluding carboxylic acids is 2. The predicted octanol–water partition coefficient (Wildman–Crippen LogP) is 9.04. The van der Waals surface area contributed by atoms with E-state index in [4.69, 9.17) is 41.4 Å². The van der Waals surface area contributed by atoms with Gasteiger partial charge in [0.2, 0.25) is 0 Å². The molecule has 0 unspecified atom stereocenters. The summed E-state index contributed by atoms with van der Waals surface area (Å²) in [5.74, 6) is -3.59. The van der Waals surface area contributed by atoms with E-state index < -0.39 is 46.1 Å². The van der Waals surface area contributed by atoms with Crippen LogP contribution in [0.3, 0.4) is 0 Å². The highest BCUT2D eigenvalue weighted by molar-refractivity contribution is 6.12. The molecule has 0 aliphatic carbocycles. The molecule has 62 heavy (non-hydrogen) atoms. The van der Waals surface area contributed by atoms with Crippen LogP contribution in [0.2, 0.25) is 0 Å². The number of anilines is 2. The summed E-state index contributed by atoms with van der Waals surface area (Å²) in [6.45, 7) is 0. The molecule has 0 spiro atoms. The minimum absolute atomic E-state index is 0.150. The number of benzene rings is 7. The molecule has 0 radical (unpaired) electrons. The monoisotopic (exact) mass is 830 g/mol. The smallest absolute Gasteiger partial charge is 0.336 e. The SMILES string of the molecule is Nc1cccc(Oc2ccc(C(=O)c3ccc(C(=O)c4ccc(Oc5cccc(N)c5)cc4)cc3)cc2)c1.O=C(O)c1ccc(-c2ccc(C(=O)O)c(C(=O)O)c2)cc1C(=O)O. The molecule has 7 aromatic rings. The molecule has 0 saturated carbocycles. The summed E-state index contributed by atoms with van der Waals surface area (Å²) in [5.41, 5.74) is 13.5. The molecule has 0 aromatic heterocycles. The van der Waals surface area contributed by atoms with E-state index in [0.29, 0.717) is 56.6 Å². The maximum Gasteiger partial charge on any atom is 0.336 e. The molecule has 0 amide bonds. The zero-order valence-corrected chi connectivity index (χ0v) is 32.2.